The molecule has 13 heteroatoms. The second-order valence-corrected chi connectivity index (χ2v) is 6.80. The summed E-state index contributed by atoms with van der Waals surface area (Å²) in [6.45, 7) is 1.88. The van der Waals surface area contributed by atoms with E-state index in [4.69, 9.17) is 0 Å². The highest BCUT2D eigenvalue weighted by molar-refractivity contribution is 5.76. The minimum atomic E-state index is -6.35. The third kappa shape index (κ3) is 3.73. The smallest absolute Gasteiger partial charge is 0.429 e. The monoisotopic (exact) mass is 418 g/mol. The maximum atomic E-state index is 13.9. The first-order valence-electron chi connectivity index (χ1n) is 7.50. The highest BCUT2D eigenvalue weighted by atomic mass is 19.4. The molecule has 0 saturated carbocycles. The van der Waals surface area contributed by atoms with E-state index in [-0.39, 0.29) is 13.3 Å². The Bertz CT molecular complexity index is 573. The highest BCUT2D eigenvalue weighted by Crippen LogP contribution is 2.56. The van der Waals surface area contributed by atoms with Crippen molar-refractivity contribution in [3.63, 3.8) is 0 Å². The van der Waals surface area contributed by atoms with Crippen molar-refractivity contribution in [1.29, 1.82) is 0 Å². The summed E-state index contributed by atoms with van der Waals surface area (Å²) in [6, 6.07) is 0. The van der Waals surface area contributed by atoms with Gasteiger partial charge in [0.2, 0.25) is 6.10 Å². The number of hydrogen-bond donors (Lipinski definition) is 1. The van der Waals surface area contributed by atoms with Crippen LogP contribution < -0.4 is 0 Å². The minimum absolute atomic E-state index is 0.0682. The first-order valence-corrected chi connectivity index (χ1v) is 7.50. The SMILES string of the molecule is CCC(C)(C)C(=O)OC(C(F)(F)F)C1(C)OCOC(F)(F)C1(O)C(F)(F)F. The average molecular weight is 418 g/mol. The van der Waals surface area contributed by atoms with E-state index in [1.807, 2.05) is 0 Å². The molecule has 1 aliphatic heterocycles. The Morgan fingerprint density at radius 3 is 2.00 bits per heavy atom. The van der Waals surface area contributed by atoms with Crippen molar-refractivity contribution in [1.82, 2.24) is 0 Å². The minimum Gasteiger partial charge on any atom is -0.449 e. The summed E-state index contributed by atoms with van der Waals surface area (Å²) in [5, 5.41) is 9.74. The van der Waals surface area contributed by atoms with Crippen molar-refractivity contribution in [2.75, 3.05) is 6.79 Å². The number of alkyl halides is 8. The number of carbonyl (C=O) groups is 1. The molecule has 160 valence electrons. The predicted octanol–water partition coefficient (Wildman–Crippen LogP) is 3.55. The predicted molar refractivity (Wildman–Crippen MR) is 71.4 cm³/mol. The van der Waals surface area contributed by atoms with Crippen LogP contribution in [0.4, 0.5) is 35.1 Å². The maximum absolute atomic E-state index is 13.9. The fourth-order valence-electron chi connectivity index (χ4n) is 2.34. The van der Waals surface area contributed by atoms with Crippen molar-refractivity contribution in [2.45, 2.75) is 69.9 Å². The normalized spacial score (nSPS) is 30.7. The topological polar surface area (TPSA) is 65.0 Å². The van der Waals surface area contributed by atoms with Gasteiger partial charge in [-0.1, -0.05) is 6.92 Å². The molecule has 27 heavy (non-hydrogen) atoms. The van der Waals surface area contributed by atoms with Crippen LogP contribution >= 0.6 is 0 Å². The molecule has 3 atom stereocenters. The van der Waals surface area contributed by atoms with Crippen LogP contribution in [0, 0.1) is 5.41 Å². The van der Waals surface area contributed by atoms with Crippen molar-refractivity contribution in [3.05, 3.63) is 0 Å². The molecule has 3 unspecified atom stereocenters. The summed E-state index contributed by atoms with van der Waals surface area (Å²) >= 11 is 0. The van der Waals surface area contributed by atoms with E-state index in [2.05, 4.69) is 14.2 Å². The number of aliphatic hydroxyl groups is 1. The van der Waals surface area contributed by atoms with Crippen LogP contribution in [0.25, 0.3) is 0 Å². The van der Waals surface area contributed by atoms with Crippen LogP contribution in [0.3, 0.4) is 0 Å². The first-order chi connectivity index (χ1) is 11.8. The molecule has 1 rings (SSSR count). The quantitative estimate of drug-likeness (QED) is 0.559. The van der Waals surface area contributed by atoms with Crippen LogP contribution in [0.15, 0.2) is 0 Å². The van der Waals surface area contributed by atoms with E-state index in [0.29, 0.717) is 0 Å². The molecule has 1 aliphatic rings. The molecule has 0 aromatic rings. The Morgan fingerprint density at radius 1 is 1.15 bits per heavy atom. The summed E-state index contributed by atoms with van der Waals surface area (Å²) < 4.78 is 120. The van der Waals surface area contributed by atoms with Crippen molar-refractivity contribution >= 4 is 5.97 Å². The molecular formula is C14H18F8O5. The molecule has 1 heterocycles. The summed E-state index contributed by atoms with van der Waals surface area (Å²) in [4.78, 5) is 12.0. The lowest BCUT2D eigenvalue weighted by Gasteiger charge is -2.53. The molecule has 1 saturated heterocycles. The molecule has 1 fully saturated rings. The van der Waals surface area contributed by atoms with Gasteiger partial charge in [0.1, 0.15) is 0 Å². The average Bonchev–Trinajstić information content (AvgIpc) is 2.47. The third-order valence-corrected chi connectivity index (χ3v) is 4.61. The Hall–Kier alpha value is -1.21. The lowest BCUT2D eigenvalue weighted by Crippen LogP contribution is -2.80. The molecule has 0 amide bonds. The van der Waals surface area contributed by atoms with Gasteiger partial charge in [-0.05, 0) is 27.2 Å². The second-order valence-electron chi connectivity index (χ2n) is 6.80. The van der Waals surface area contributed by atoms with E-state index in [1.165, 1.54) is 6.92 Å². The molecule has 0 aromatic carbocycles. The standard InChI is InChI=1S/C14H18F8O5/c1-5-9(2,3)8(23)27-7(11(15,16)17)10(4)12(24,13(18,19)20)14(21,22)26-6-25-10/h7,24H,5-6H2,1-4H3. The number of hydrogen-bond acceptors (Lipinski definition) is 5. The number of ether oxygens (including phenoxy) is 3. The van der Waals surface area contributed by atoms with Gasteiger partial charge in [0.05, 0.1) is 5.41 Å². The van der Waals surface area contributed by atoms with Crippen molar-refractivity contribution in [3.8, 4) is 0 Å². The number of carbonyl (C=O) groups excluding carboxylic acids is 1. The van der Waals surface area contributed by atoms with E-state index in [1.54, 1.807) is 0 Å². The van der Waals surface area contributed by atoms with Crippen LogP contribution in [0.5, 0.6) is 0 Å². The fourth-order valence-corrected chi connectivity index (χ4v) is 2.34. The Labute approximate surface area is 148 Å². The summed E-state index contributed by atoms with van der Waals surface area (Å²) in [7, 11) is 0. The zero-order valence-corrected chi connectivity index (χ0v) is 14.6. The van der Waals surface area contributed by atoms with Gasteiger partial charge < -0.3 is 14.6 Å². The third-order valence-electron chi connectivity index (χ3n) is 4.61. The van der Waals surface area contributed by atoms with E-state index in [0.717, 1.165) is 13.8 Å². The molecule has 5 nitrogen and oxygen atoms in total. The van der Waals surface area contributed by atoms with Gasteiger partial charge in [-0.2, -0.15) is 35.1 Å². The van der Waals surface area contributed by atoms with E-state index < -0.39 is 53.9 Å². The maximum Gasteiger partial charge on any atom is 0.429 e. The van der Waals surface area contributed by atoms with Gasteiger partial charge >= 0.3 is 24.4 Å². The lowest BCUT2D eigenvalue weighted by molar-refractivity contribution is -0.506. The van der Waals surface area contributed by atoms with Gasteiger partial charge in [-0.25, -0.2) is 0 Å². The lowest BCUT2D eigenvalue weighted by atomic mass is 9.76. The Kier molecular flexibility index (Phi) is 5.91. The summed E-state index contributed by atoms with van der Waals surface area (Å²) in [5.74, 6) is -1.61. The zero-order valence-electron chi connectivity index (χ0n) is 14.6. The van der Waals surface area contributed by atoms with Crippen molar-refractivity contribution in [2.24, 2.45) is 5.41 Å². The summed E-state index contributed by atoms with van der Waals surface area (Å²) in [6.07, 6.45) is -21.6. The van der Waals surface area contributed by atoms with Gasteiger partial charge in [0.25, 0.3) is 5.60 Å². The molecule has 0 spiro atoms. The molecule has 0 bridgehead atoms. The molecule has 1 N–H and O–H groups in total. The van der Waals surface area contributed by atoms with Crippen LogP contribution in [-0.4, -0.2) is 53.6 Å². The molecule has 0 radical (unpaired) electrons. The number of rotatable bonds is 4. The van der Waals surface area contributed by atoms with Gasteiger partial charge in [-0.3, -0.25) is 9.53 Å². The number of halogens is 8. The highest BCUT2D eigenvalue weighted by Gasteiger charge is 2.85. The van der Waals surface area contributed by atoms with Gasteiger partial charge in [0, 0.05) is 0 Å². The first kappa shape index (κ1) is 23.8. The van der Waals surface area contributed by atoms with Crippen LogP contribution in [0.1, 0.15) is 34.1 Å². The van der Waals surface area contributed by atoms with Gasteiger partial charge in [0.15, 0.2) is 12.4 Å². The van der Waals surface area contributed by atoms with Crippen molar-refractivity contribution < 1.29 is 59.2 Å². The Morgan fingerprint density at radius 2 is 1.63 bits per heavy atom. The largest absolute Gasteiger partial charge is 0.449 e. The van der Waals surface area contributed by atoms with Crippen LogP contribution in [-0.2, 0) is 19.0 Å². The van der Waals surface area contributed by atoms with Crippen LogP contribution in [0.2, 0.25) is 0 Å². The second kappa shape index (κ2) is 6.69. The van der Waals surface area contributed by atoms with E-state index >= 15 is 0 Å². The van der Waals surface area contributed by atoms with Gasteiger partial charge in [-0.15, -0.1) is 0 Å². The Balaban J connectivity index is 3.60. The molecular weight excluding hydrogens is 400 g/mol. The molecule has 0 aromatic heterocycles. The number of esters is 1. The molecule has 0 aliphatic carbocycles. The van der Waals surface area contributed by atoms with E-state index in [9.17, 15) is 45.0 Å². The summed E-state index contributed by atoms with van der Waals surface area (Å²) in [5.41, 5.74) is -11.2. The fraction of sp³-hybridized carbons (Fsp3) is 0.929. The zero-order chi connectivity index (χ0) is 21.7.